The number of hydrogen-bond acceptors (Lipinski definition) is 4. The first-order valence-electron chi connectivity index (χ1n) is 6.75. The van der Waals surface area contributed by atoms with E-state index in [1.165, 1.54) is 0 Å². The van der Waals surface area contributed by atoms with Gasteiger partial charge in [-0.15, -0.1) is 0 Å². The Balaban J connectivity index is 2.16. The van der Waals surface area contributed by atoms with Crippen LogP contribution >= 0.6 is 0 Å². The summed E-state index contributed by atoms with van der Waals surface area (Å²) in [6.45, 7) is 4.00. The van der Waals surface area contributed by atoms with Crippen LogP contribution < -0.4 is 5.32 Å². The summed E-state index contributed by atoms with van der Waals surface area (Å²) >= 11 is 0. The molecule has 1 N–H and O–H groups in total. The highest BCUT2D eigenvalue weighted by Gasteiger charge is 2.33. The number of amides is 1. The smallest absolute Gasteiger partial charge is 0.256 e. The number of aromatic nitrogens is 1. The topological polar surface area (TPSA) is 54.5 Å². The zero-order valence-electron chi connectivity index (χ0n) is 11.6. The molecule has 1 aromatic heterocycles. The molecular formula is C14H21N3O2. The van der Waals surface area contributed by atoms with E-state index >= 15 is 0 Å². The molecule has 1 aliphatic rings. The number of hydrogen-bond donors (Lipinski definition) is 1. The minimum atomic E-state index is 0.0675. The second-order valence-corrected chi connectivity index (χ2v) is 4.67. The molecule has 1 aliphatic carbocycles. The van der Waals surface area contributed by atoms with Crippen LogP contribution in [0.2, 0.25) is 0 Å². The summed E-state index contributed by atoms with van der Waals surface area (Å²) in [7, 11) is 1.66. The molecule has 0 aliphatic heterocycles. The Morgan fingerprint density at radius 3 is 3.00 bits per heavy atom. The fraction of sp³-hybridized carbons (Fsp3) is 0.571. The molecule has 2 rings (SSSR count). The SMILES string of the molecule is CCNc1cnccc1C(=O)N(CCOC)C1CC1. The predicted molar refractivity (Wildman–Crippen MR) is 74.3 cm³/mol. The fourth-order valence-corrected chi connectivity index (χ4v) is 2.09. The molecule has 1 heterocycles. The molecule has 1 aromatic rings. The van der Waals surface area contributed by atoms with Gasteiger partial charge in [0.2, 0.25) is 0 Å². The van der Waals surface area contributed by atoms with Crippen LogP contribution in [0, 0.1) is 0 Å². The average molecular weight is 263 g/mol. The lowest BCUT2D eigenvalue weighted by atomic mass is 10.2. The van der Waals surface area contributed by atoms with E-state index in [4.69, 9.17) is 4.74 Å². The Morgan fingerprint density at radius 2 is 2.37 bits per heavy atom. The summed E-state index contributed by atoms with van der Waals surface area (Å²) in [5, 5.41) is 3.19. The van der Waals surface area contributed by atoms with E-state index in [0.717, 1.165) is 25.1 Å². The number of nitrogens with one attached hydrogen (secondary N) is 1. The van der Waals surface area contributed by atoms with E-state index in [9.17, 15) is 4.79 Å². The third-order valence-corrected chi connectivity index (χ3v) is 3.20. The van der Waals surface area contributed by atoms with E-state index in [-0.39, 0.29) is 5.91 Å². The molecule has 0 spiro atoms. The first-order valence-corrected chi connectivity index (χ1v) is 6.75. The van der Waals surface area contributed by atoms with Gasteiger partial charge in [0.05, 0.1) is 24.1 Å². The number of pyridine rings is 1. The second kappa shape index (κ2) is 6.52. The maximum Gasteiger partial charge on any atom is 0.256 e. The number of carbonyl (C=O) groups is 1. The Bertz CT molecular complexity index is 432. The van der Waals surface area contributed by atoms with Crippen LogP contribution in [-0.4, -0.2) is 48.6 Å². The highest BCUT2D eigenvalue weighted by molar-refractivity contribution is 5.99. The van der Waals surface area contributed by atoms with Crippen molar-refractivity contribution in [1.29, 1.82) is 0 Å². The van der Waals surface area contributed by atoms with Gasteiger partial charge in [-0.3, -0.25) is 9.78 Å². The van der Waals surface area contributed by atoms with Crippen molar-refractivity contribution in [3.05, 3.63) is 24.0 Å². The van der Waals surface area contributed by atoms with Crippen LogP contribution in [0.25, 0.3) is 0 Å². The van der Waals surface area contributed by atoms with Crippen molar-refractivity contribution in [2.24, 2.45) is 0 Å². The number of rotatable bonds is 7. The summed E-state index contributed by atoms with van der Waals surface area (Å²) < 4.78 is 5.09. The van der Waals surface area contributed by atoms with Gasteiger partial charge in [0.15, 0.2) is 0 Å². The third kappa shape index (κ3) is 3.44. The maximum atomic E-state index is 12.6. The Kier molecular flexibility index (Phi) is 4.74. The molecule has 5 heteroatoms. The lowest BCUT2D eigenvalue weighted by Crippen LogP contribution is -2.36. The Labute approximate surface area is 114 Å². The lowest BCUT2D eigenvalue weighted by molar-refractivity contribution is 0.0681. The molecule has 1 amide bonds. The molecular weight excluding hydrogens is 242 g/mol. The molecule has 0 radical (unpaired) electrons. The van der Waals surface area contributed by atoms with Gasteiger partial charge in [-0.2, -0.15) is 0 Å². The number of anilines is 1. The average Bonchev–Trinajstić information content (AvgIpc) is 3.24. The molecule has 0 unspecified atom stereocenters. The molecule has 0 bridgehead atoms. The van der Waals surface area contributed by atoms with Gasteiger partial charge in [-0.25, -0.2) is 0 Å². The summed E-state index contributed by atoms with van der Waals surface area (Å²) in [5.41, 5.74) is 1.50. The van der Waals surface area contributed by atoms with Crippen molar-refractivity contribution < 1.29 is 9.53 Å². The summed E-state index contributed by atoms with van der Waals surface area (Å²) in [4.78, 5) is 18.6. The number of ether oxygens (including phenoxy) is 1. The predicted octanol–water partition coefficient (Wildman–Crippen LogP) is 1.76. The molecule has 0 saturated heterocycles. The van der Waals surface area contributed by atoms with Crippen LogP contribution in [-0.2, 0) is 4.74 Å². The van der Waals surface area contributed by atoms with Crippen molar-refractivity contribution in [2.75, 3.05) is 32.1 Å². The highest BCUT2D eigenvalue weighted by atomic mass is 16.5. The number of nitrogens with zero attached hydrogens (tertiary/aromatic N) is 2. The normalized spacial score (nSPS) is 14.2. The monoisotopic (exact) mass is 263 g/mol. The van der Waals surface area contributed by atoms with Crippen LogP contribution in [0.5, 0.6) is 0 Å². The van der Waals surface area contributed by atoms with Crippen molar-refractivity contribution in [1.82, 2.24) is 9.88 Å². The molecule has 19 heavy (non-hydrogen) atoms. The van der Waals surface area contributed by atoms with Gasteiger partial charge >= 0.3 is 0 Å². The largest absolute Gasteiger partial charge is 0.383 e. The van der Waals surface area contributed by atoms with Crippen LogP contribution in [0.4, 0.5) is 5.69 Å². The van der Waals surface area contributed by atoms with E-state index in [1.807, 2.05) is 11.8 Å². The number of methoxy groups -OCH3 is 1. The molecule has 104 valence electrons. The van der Waals surface area contributed by atoms with E-state index in [1.54, 1.807) is 25.6 Å². The highest BCUT2D eigenvalue weighted by Crippen LogP contribution is 2.29. The van der Waals surface area contributed by atoms with Gasteiger partial charge < -0.3 is 15.0 Å². The Hall–Kier alpha value is -1.62. The van der Waals surface area contributed by atoms with Crippen LogP contribution in [0.1, 0.15) is 30.1 Å². The van der Waals surface area contributed by atoms with Gasteiger partial charge in [-0.1, -0.05) is 0 Å². The molecule has 5 nitrogen and oxygen atoms in total. The van der Waals surface area contributed by atoms with Gasteiger partial charge in [0.1, 0.15) is 0 Å². The van der Waals surface area contributed by atoms with Crippen molar-refractivity contribution >= 4 is 11.6 Å². The van der Waals surface area contributed by atoms with Gasteiger partial charge in [0.25, 0.3) is 5.91 Å². The maximum absolute atomic E-state index is 12.6. The standard InChI is InChI=1S/C14H21N3O2/c1-3-16-13-10-15-7-6-12(13)14(18)17(8-9-19-2)11-4-5-11/h6-7,10-11,16H,3-5,8-9H2,1-2H3. The zero-order valence-corrected chi connectivity index (χ0v) is 11.6. The minimum Gasteiger partial charge on any atom is -0.383 e. The first-order chi connectivity index (χ1) is 9.27. The number of carbonyl (C=O) groups excluding carboxylic acids is 1. The summed E-state index contributed by atoms with van der Waals surface area (Å²) in [5.74, 6) is 0.0675. The van der Waals surface area contributed by atoms with Gasteiger partial charge in [0, 0.05) is 32.4 Å². The molecule has 0 atom stereocenters. The summed E-state index contributed by atoms with van der Waals surface area (Å²) in [6, 6.07) is 2.16. The molecule has 1 saturated carbocycles. The fourth-order valence-electron chi connectivity index (χ4n) is 2.09. The molecule has 1 fully saturated rings. The Morgan fingerprint density at radius 1 is 1.58 bits per heavy atom. The zero-order chi connectivity index (χ0) is 13.7. The summed E-state index contributed by atoms with van der Waals surface area (Å²) in [6.07, 6.45) is 5.56. The molecule has 0 aromatic carbocycles. The second-order valence-electron chi connectivity index (χ2n) is 4.67. The third-order valence-electron chi connectivity index (χ3n) is 3.20. The lowest BCUT2D eigenvalue weighted by Gasteiger charge is -2.23. The van der Waals surface area contributed by atoms with Crippen molar-refractivity contribution in [3.63, 3.8) is 0 Å². The van der Waals surface area contributed by atoms with Crippen LogP contribution in [0.15, 0.2) is 18.5 Å². The van der Waals surface area contributed by atoms with Crippen LogP contribution in [0.3, 0.4) is 0 Å². The quantitative estimate of drug-likeness (QED) is 0.814. The van der Waals surface area contributed by atoms with E-state index < -0.39 is 0 Å². The first kappa shape index (κ1) is 13.8. The van der Waals surface area contributed by atoms with E-state index in [0.29, 0.717) is 24.8 Å². The minimum absolute atomic E-state index is 0.0675. The van der Waals surface area contributed by atoms with Crippen molar-refractivity contribution in [3.8, 4) is 0 Å². The van der Waals surface area contributed by atoms with Crippen molar-refractivity contribution in [2.45, 2.75) is 25.8 Å². The van der Waals surface area contributed by atoms with Gasteiger partial charge in [-0.05, 0) is 25.8 Å². The van der Waals surface area contributed by atoms with E-state index in [2.05, 4.69) is 10.3 Å².